The van der Waals surface area contributed by atoms with E-state index in [1.807, 2.05) is 57.2 Å². The van der Waals surface area contributed by atoms with Gasteiger partial charge in [-0.05, 0) is 104 Å². The van der Waals surface area contributed by atoms with Crippen LogP contribution in [0.15, 0.2) is 48.1 Å². The molecular weight excluding hydrogens is 1000 g/mol. The van der Waals surface area contributed by atoms with Crippen molar-refractivity contribution in [1.82, 2.24) is 0 Å². The second kappa shape index (κ2) is 23.2. The number of hydrogen-bond donors (Lipinski definition) is 4. The molecule has 0 aromatic heterocycles. The molecule has 0 spiro atoms. The molecule has 4 aliphatic heterocycles. The Kier molecular flexibility index (Phi) is 17.7. The highest BCUT2D eigenvalue weighted by Crippen LogP contribution is 2.71. The van der Waals surface area contributed by atoms with Crippen molar-refractivity contribution in [3.05, 3.63) is 53.6 Å². The minimum atomic E-state index is -2.05. The number of aliphatic hydroxyl groups is 4. The van der Waals surface area contributed by atoms with E-state index >= 15 is 0 Å². The van der Waals surface area contributed by atoms with E-state index in [0.717, 1.165) is 11.1 Å². The molecule has 0 unspecified atom stereocenters. The third-order valence-electron chi connectivity index (χ3n) is 19.6. The van der Waals surface area contributed by atoms with Gasteiger partial charge in [-0.2, -0.15) is 0 Å². The van der Waals surface area contributed by atoms with Gasteiger partial charge in [0.15, 0.2) is 30.9 Å². The molecule has 19 heteroatoms. The van der Waals surface area contributed by atoms with Crippen LogP contribution in [0.5, 0.6) is 0 Å². The average molecular weight is 1090 g/mol. The standard InChI is InChI=1S/C58H86O19/c1-31-50(61)39(65-8)26-47(69-31)75-52-33(3)71-49(28-41(52)67-10)77-53-34(4)72-48(29-42(53)68-11)76-51-32(2)70-46(27-40(51)66-9)73-38-20-21-54(6)37(25-38)19-22-57(63)43(54)30-44(74-45(60)18-17-36-15-13-12-14-16-36)55(7)56(62,35(5)59)23-24-58(55,57)64/h12-19,31-34,38-44,46-53,61-64H,20-30H2,1-11H3/t31-,32+,33+,34-,38-,39+,40-,41-,42-,43+,44+,46-,47-,48-,49-,50-,51+,52+,53+,54-,55+,56+,57-,58-/m0/s1. The van der Waals surface area contributed by atoms with E-state index < -0.39 is 144 Å². The lowest BCUT2D eigenvalue weighted by Gasteiger charge is -2.67. The number of ether oxygens (including phenoxy) is 13. The quantitative estimate of drug-likeness (QED) is 0.0942. The number of benzene rings is 1. The van der Waals surface area contributed by atoms with Gasteiger partial charge in [0.25, 0.3) is 0 Å². The minimum absolute atomic E-state index is 0.0493. The number of carbonyl (C=O) groups excluding carboxylic acids is 2. The molecule has 24 atom stereocenters. The normalized spacial score (nSPS) is 48.1. The molecule has 1 aromatic rings. The molecule has 432 valence electrons. The number of carbonyl (C=O) groups is 2. The third-order valence-corrected chi connectivity index (χ3v) is 19.6. The Morgan fingerprint density at radius 3 is 1.65 bits per heavy atom. The van der Waals surface area contributed by atoms with Gasteiger partial charge in [0.2, 0.25) is 0 Å². The molecule has 4 N–H and O–H groups in total. The second-order valence-corrected chi connectivity index (χ2v) is 23.6. The number of hydrogen-bond acceptors (Lipinski definition) is 19. The SMILES string of the molecule is CO[C@H]1C[C@H](O[C@H]2[C@@H](OC)C[C@H](O[C@H]3CC[C@@]4(C)C(=CC[C@]5(O)[C@@H]4C[C@@H](OC(=O)C=Cc4ccccc4)[C@@]4(C)[C@@]5(O)CC[C@@]4(O)C(C)=O)C3)O[C@@H]2C)O[C@@H](C)[C@H]1O[C@H]1C[C@H](OC)[C@H](O[C@H]2C[C@@H](OC)[C@@H](O)[C@H](C)O2)[C@@H](C)O1. The maximum Gasteiger partial charge on any atom is 0.331 e. The molecule has 4 saturated heterocycles. The smallest absolute Gasteiger partial charge is 0.331 e. The predicted molar refractivity (Wildman–Crippen MR) is 275 cm³/mol. The summed E-state index contributed by atoms with van der Waals surface area (Å²) in [5, 5.41) is 48.6. The fraction of sp³-hybridized carbons (Fsp3) is 0.793. The molecule has 19 nitrogen and oxygen atoms in total. The fourth-order valence-electron chi connectivity index (χ4n) is 15.0. The molecule has 0 bridgehead atoms. The summed E-state index contributed by atoms with van der Waals surface area (Å²) in [6.07, 6.45) is -1.19. The van der Waals surface area contributed by atoms with Crippen molar-refractivity contribution in [2.45, 2.75) is 247 Å². The van der Waals surface area contributed by atoms with Gasteiger partial charge in [-0.25, -0.2) is 4.79 Å². The van der Waals surface area contributed by atoms with Crippen LogP contribution >= 0.6 is 0 Å². The predicted octanol–water partition coefficient (Wildman–Crippen LogP) is 5.24. The van der Waals surface area contributed by atoms with Gasteiger partial charge in [0.05, 0.1) is 60.4 Å². The third kappa shape index (κ3) is 10.7. The van der Waals surface area contributed by atoms with Crippen molar-refractivity contribution in [3.8, 4) is 0 Å². The summed E-state index contributed by atoms with van der Waals surface area (Å²) in [5.41, 5.74) is -6.24. The van der Waals surface area contributed by atoms with Crippen LogP contribution in [-0.4, -0.2) is 188 Å². The van der Waals surface area contributed by atoms with Crippen LogP contribution in [0.2, 0.25) is 0 Å². The Morgan fingerprint density at radius 1 is 0.649 bits per heavy atom. The average Bonchev–Trinajstić information content (AvgIpc) is 3.79. The monoisotopic (exact) mass is 1090 g/mol. The maximum atomic E-state index is 13.6. The Balaban J connectivity index is 0.809. The van der Waals surface area contributed by atoms with Gasteiger partial charge in [-0.15, -0.1) is 0 Å². The van der Waals surface area contributed by atoms with Crippen LogP contribution < -0.4 is 0 Å². The van der Waals surface area contributed by atoms with E-state index in [4.69, 9.17) is 61.6 Å². The fourth-order valence-corrected chi connectivity index (χ4v) is 15.0. The molecule has 0 radical (unpaired) electrons. The van der Waals surface area contributed by atoms with Crippen LogP contribution in [0.3, 0.4) is 0 Å². The second-order valence-electron chi connectivity index (χ2n) is 23.6. The lowest BCUT2D eigenvalue weighted by atomic mass is 9.42. The number of ketones is 1. The van der Waals surface area contributed by atoms with Gasteiger partial charge < -0.3 is 82.0 Å². The van der Waals surface area contributed by atoms with Gasteiger partial charge in [-0.1, -0.05) is 48.9 Å². The Morgan fingerprint density at radius 2 is 1.14 bits per heavy atom. The van der Waals surface area contributed by atoms with Gasteiger partial charge >= 0.3 is 5.97 Å². The number of esters is 1. The van der Waals surface area contributed by atoms with Gasteiger partial charge in [-0.3, -0.25) is 4.79 Å². The Hall–Kier alpha value is -2.80. The lowest BCUT2D eigenvalue weighted by molar-refractivity contribution is -0.347. The van der Waals surface area contributed by atoms with Crippen LogP contribution in [0.4, 0.5) is 0 Å². The summed E-state index contributed by atoms with van der Waals surface area (Å²) >= 11 is 0. The largest absolute Gasteiger partial charge is 0.458 e. The molecule has 9 rings (SSSR count). The van der Waals surface area contributed by atoms with Crippen molar-refractivity contribution < 1.29 is 91.6 Å². The summed E-state index contributed by atoms with van der Waals surface area (Å²) in [4.78, 5) is 27.0. The molecule has 7 fully saturated rings. The molecule has 77 heavy (non-hydrogen) atoms. The highest BCUT2D eigenvalue weighted by molar-refractivity contribution is 5.88. The molecular formula is C58H86O19. The highest BCUT2D eigenvalue weighted by atomic mass is 16.8. The summed E-state index contributed by atoms with van der Waals surface area (Å²) < 4.78 is 81.6. The van der Waals surface area contributed by atoms with Gasteiger partial charge in [0, 0.05) is 66.1 Å². The summed E-state index contributed by atoms with van der Waals surface area (Å²) in [6.45, 7) is 12.5. The lowest BCUT2D eigenvalue weighted by Crippen LogP contribution is -2.78. The van der Waals surface area contributed by atoms with Crippen LogP contribution in [0, 0.1) is 16.7 Å². The van der Waals surface area contributed by atoms with Crippen LogP contribution in [-0.2, 0) is 71.2 Å². The Bertz CT molecular complexity index is 2270. The number of Topliss-reactive ketones (excluding diaryl/α,β-unsaturated/α-hetero) is 1. The van der Waals surface area contributed by atoms with E-state index in [1.54, 1.807) is 48.4 Å². The maximum absolute atomic E-state index is 13.6. The van der Waals surface area contributed by atoms with E-state index in [0.29, 0.717) is 44.9 Å². The topological polar surface area (TPSA) is 235 Å². The number of rotatable bonds is 16. The molecule has 8 aliphatic rings. The highest BCUT2D eigenvalue weighted by Gasteiger charge is 2.81. The zero-order chi connectivity index (χ0) is 55.4. The van der Waals surface area contributed by atoms with Crippen molar-refractivity contribution in [3.63, 3.8) is 0 Å². The van der Waals surface area contributed by atoms with Crippen LogP contribution in [0.25, 0.3) is 6.08 Å². The van der Waals surface area contributed by atoms with Crippen molar-refractivity contribution in [2.24, 2.45) is 16.7 Å². The first-order valence-electron chi connectivity index (χ1n) is 27.9. The zero-order valence-corrected chi connectivity index (χ0v) is 46.8. The zero-order valence-electron chi connectivity index (χ0n) is 46.8. The van der Waals surface area contributed by atoms with E-state index in [-0.39, 0.29) is 37.9 Å². The van der Waals surface area contributed by atoms with Crippen LogP contribution in [0.1, 0.15) is 125 Å². The first-order chi connectivity index (χ1) is 36.6. The molecule has 4 aliphatic carbocycles. The van der Waals surface area contributed by atoms with Crippen molar-refractivity contribution in [1.29, 1.82) is 0 Å². The molecule has 3 saturated carbocycles. The number of methoxy groups -OCH3 is 4. The number of aliphatic hydroxyl groups excluding tert-OH is 1. The summed E-state index contributed by atoms with van der Waals surface area (Å²) in [6, 6.07) is 9.30. The summed E-state index contributed by atoms with van der Waals surface area (Å²) in [7, 11) is 6.48. The molecule has 1 aromatic carbocycles. The van der Waals surface area contributed by atoms with E-state index in [1.165, 1.54) is 13.0 Å². The van der Waals surface area contributed by atoms with E-state index in [2.05, 4.69) is 6.92 Å². The Labute approximate surface area is 453 Å². The first-order valence-corrected chi connectivity index (χ1v) is 27.9. The minimum Gasteiger partial charge on any atom is -0.458 e. The molecule has 4 heterocycles. The summed E-state index contributed by atoms with van der Waals surface area (Å²) in [5.74, 6) is -1.80. The number of fused-ring (bicyclic) bond motifs is 5. The van der Waals surface area contributed by atoms with Crippen molar-refractivity contribution >= 4 is 17.8 Å². The molecule has 0 amide bonds. The van der Waals surface area contributed by atoms with Gasteiger partial charge in [0.1, 0.15) is 47.3 Å². The van der Waals surface area contributed by atoms with E-state index in [9.17, 15) is 30.0 Å². The van der Waals surface area contributed by atoms with Crippen molar-refractivity contribution in [2.75, 3.05) is 28.4 Å². The first kappa shape index (κ1) is 58.8.